The van der Waals surface area contributed by atoms with Crippen LogP contribution in [0.2, 0.25) is 0 Å². The number of ether oxygens (including phenoxy) is 1. The molecule has 1 heterocycles. The van der Waals surface area contributed by atoms with Crippen LogP contribution in [-0.4, -0.2) is 57.0 Å². The average molecular weight is 280 g/mol. The molecular weight excluding hydrogens is 264 g/mol. The molecule has 1 aliphatic heterocycles. The topological polar surface area (TPSA) is 122 Å². The molecular formula is C9H16N2O6S. The molecule has 0 aromatic rings. The van der Waals surface area contributed by atoms with E-state index in [1.54, 1.807) is 0 Å². The first kappa shape index (κ1) is 14.9. The molecule has 1 fully saturated rings. The second-order valence-corrected chi connectivity index (χ2v) is 5.82. The van der Waals surface area contributed by atoms with Crippen LogP contribution in [0.3, 0.4) is 0 Å². The Morgan fingerprint density at radius 1 is 1.28 bits per heavy atom. The van der Waals surface area contributed by atoms with E-state index in [0.29, 0.717) is 12.8 Å². The molecule has 0 aromatic heterocycles. The Morgan fingerprint density at radius 2 is 1.89 bits per heavy atom. The van der Waals surface area contributed by atoms with Gasteiger partial charge in [0.25, 0.3) is 0 Å². The highest BCUT2D eigenvalue weighted by molar-refractivity contribution is 7.88. The van der Waals surface area contributed by atoms with Crippen LogP contribution in [0.5, 0.6) is 0 Å². The third kappa shape index (κ3) is 4.98. The molecule has 18 heavy (non-hydrogen) atoms. The number of rotatable bonds is 6. The molecule has 0 saturated carbocycles. The van der Waals surface area contributed by atoms with E-state index in [2.05, 4.69) is 10.0 Å². The zero-order valence-electron chi connectivity index (χ0n) is 9.88. The highest BCUT2D eigenvalue weighted by Gasteiger charge is 2.34. The van der Waals surface area contributed by atoms with Gasteiger partial charge in [-0.3, -0.25) is 4.79 Å². The van der Waals surface area contributed by atoms with Crippen molar-refractivity contribution in [2.75, 3.05) is 19.3 Å². The lowest BCUT2D eigenvalue weighted by atomic mass is 10.2. The van der Waals surface area contributed by atoms with Crippen molar-refractivity contribution in [3.05, 3.63) is 0 Å². The monoisotopic (exact) mass is 280 g/mol. The highest BCUT2D eigenvalue weighted by atomic mass is 32.2. The zero-order chi connectivity index (χ0) is 13.8. The van der Waals surface area contributed by atoms with Gasteiger partial charge in [0.1, 0.15) is 6.10 Å². The molecule has 1 aliphatic rings. The van der Waals surface area contributed by atoms with Crippen LogP contribution in [0.15, 0.2) is 0 Å². The Bertz CT molecular complexity index is 421. The van der Waals surface area contributed by atoms with Crippen LogP contribution in [-0.2, 0) is 24.3 Å². The molecule has 3 N–H and O–H groups in total. The number of carbonyl (C=O) groups is 2. The van der Waals surface area contributed by atoms with Gasteiger partial charge in [-0.1, -0.05) is 0 Å². The van der Waals surface area contributed by atoms with E-state index in [9.17, 15) is 18.0 Å². The standard InChI is InChI=1S/C9H16N2O6S/c1-18(15,16)11-5-4-10-8(12)6-2-3-7(17-6)9(13)14/h6-7,11H,2-5H2,1H3,(H,10,12)(H,13,14). The van der Waals surface area contributed by atoms with Gasteiger partial charge in [-0.25, -0.2) is 17.9 Å². The maximum atomic E-state index is 11.5. The third-order valence-electron chi connectivity index (χ3n) is 2.38. The number of amides is 1. The van der Waals surface area contributed by atoms with Crippen molar-refractivity contribution in [1.82, 2.24) is 10.0 Å². The summed E-state index contributed by atoms with van der Waals surface area (Å²) in [4.78, 5) is 22.1. The number of hydrogen-bond donors (Lipinski definition) is 3. The fraction of sp³-hybridized carbons (Fsp3) is 0.778. The van der Waals surface area contributed by atoms with Crippen LogP contribution >= 0.6 is 0 Å². The Kier molecular flexibility index (Phi) is 5.05. The minimum absolute atomic E-state index is 0.0830. The summed E-state index contributed by atoms with van der Waals surface area (Å²) < 4.78 is 28.7. The molecule has 0 bridgehead atoms. The molecule has 0 aromatic carbocycles. The summed E-state index contributed by atoms with van der Waals surface area (Å²) in [5, 5.41) is 11.2. The van der Waals surface area contributed by atoms with Gasteiger partial charge in [0.05, 0.1) is 6.26 Å². The van der Waals surface area contributed by atoms with E-state index in [-0.39, 0.29) is 13.1 Å². The SMILES string of the molecule is CS(=O)(=O)NCCNC(=O)C1CCC(C(=O)O)O1. The second-order valence-electron chi connectivity index (χ2n) is 3.99. The van der Waals surface area contributed by atoms with Crippen LogP contribution in [0.25, 0.3) is 0 Å². The zero-order valence-corrected chi connectivity index (χ0v) is 10.7. The number of hydrogen-bond acceptors (Lipinski definition) is 5. The quantitative estimate of drug-likeness (QED) is 0.498. The average Bonchev–Trinajstić information content (AvgIpc) is 2.72. The summed E-state index contributed by atoms with van der Waals surface area (Å²) >= 11 is 0. The van der Waals surface area contributed by atoms with Crippen molar-refractivity contribution in [3.8, 4) is 0 Å². The van der Waals surface area contributed by atoms with Gasteiger partial charge in [-0.15, -0.1) is 0 Å². The Labute approximate surface area is 105 Å². The summed E-state index contributed by atoms with van der Waals surface area (Å²) in [7, 11) is -3.27. The molecule has 1 saturated heterocycles. The predicted octanol–water partition coefficient (Wildman–Crippen LogP) is -1.72. The van der Waals surface area contributed by atoms with Gasteiger partial charge < -0.3 is 15.2 Å². The molecule has 0 aliphatic carbocycles. The van der Waals surface area contributed by atoms with Gasteiger partial charge in [0, 0.05) is 13.1 Å². The predicted molar refractivity (Wildman–Crippen MR) is 61.4 cm³/mol. The largest absolute Gasteiger partial charge is 0.479 e. The first-order valence-electron chi connectivity index (χ1n) is 5.40. The van der Waals surface area contributed by atoms with Gasteiger partial charge >= 0.3 is 5.97 Å². The molecule has 1 amide bonds. The fourth-order valence-electron chi connectivity index (χ4n) is 1.55. The number of carbonyl (C=O) groups excluding carboxylic acids is 1. The number of carboxylic acid groups (broad SMARTS) is 1. The molecule has 9 heteroatoms. The Balaban J connectivity index is 2.24. The van der Waals surface area contributed by atoms with E-state index < -0.39 is 34.1 Å². The van der Waals surface area contributed by atoms with Crippen molar-refractivity contribution in [2.24, 2.45) is 0 Å². The molecule has 0 spiro atoms. The van der Waals surface area contributed by atoms with Crippen LogP contribution < -0.4 is 10.0 Å². The van der Waals surface area contributed by atoms with Gasteiger partial charge in [-0.2, -0.15) is 0 Å². The second kappa shape index (κ2) is 6.12. The maximum Gasteiger partial charge on any atom is 0.332 e. The van der Waals surface area contributed by atoms with Crippen LogP contribution in [0, 0.1) is 0 Å². The molecule has 8 nitrogen and oxygen atoms in total. The number of nitrogens with one attached hydrogen (secondary N) is 2. The summed E-state index contributed by atoms with van der Waals surface area (Å²) in [6.45, 7) is 0.211. The summed E-state index contributed by atoms with van der Waals surface area (Å²) in [5.41, 5.74) is 0. The summed E-state index contributed by atoms with van der Waals surface area (Å²) in [6.07, 6.45) is -0.0387. The summed E-state index contributed by atoms with van der Waals surface area (Å²) in [6, 6.07) is 0. The number of aliphatic carboxylic acids is 1. The molecule has 2 atom stereocenters. The van der Waals surface area contributed by atoms with Crippen molar-refractivity contribution in [2.45, 2.75) is 25.0 Å². The lowest BCUT2D eigenvalue weighted by molar-refractivity contribution is -0.151. The van der Waals surface area contributed by atoms with Crippen molar-refractivity contribution >= 4 is 21.9 Å². The first-order valence-corrected chi connectivity index (χ1v) is 7.29. The summed E-state index contributed by atoms with van der Waals surface area (Å²) in [5.74, 6) is -1.50. The van der Waals surface area contributed by atoms with E-state index in [1.165, 1.54) is 0 Å². The van der Waals surface area contributed by atoms with E-state index in [1.807, 2.05) is 0 Å². The minimum Gasteiger partial charge on any atom is -0.479 e. The number of sulfonamides is 1. The van der Waals surface area contributed by atoms with E-state index in [4.69, 9.17) is 9.84 Å². The van der Waals surface area contributed by atoms with E-state index >= 15 is 0 Å². The Morgan fingerprint density at radius 3 is 2.39 bits per heavy atom. The van der Waals surface area contributed by atoms with Gasteiger partial charge in [0.15, 0.2) is 6.10 Å². The first-order chi connectivity index (χ1) is 8.29. The lowest BCUT2D eigenvalue weighted by Crippen LogP contribution is -2.39. The molecule has 2 unspecified atom stereocenters. The fourth-order valence-corrected chi connectivity index (χ4v) is 2.02. The minimum atomic E-state index is -3.27. The highest BCUT2D eigenvalue weighted by Crippen LogP contribution is 2.19. The van der Waals surface area contributed by atoms with Crippen LogP contribution in [0.1, 0.15) is 12.8 Å². The smallest absolute Gasteiger partial charge is 0.332 e. The molecule has 1 rings (SSSR count). The third-order valence-corrected chi connectivity index (χ3v) is 3.10. The Hall–Kier alpha value is -1.19. The van der Waals surface area contributed by atoms with Crippen molar-refractivity contribution in [3.63, 3.8) is 0 Å². The number of carboxylic acids is 1. The van der Waals surface area contributed by atoms with Crippen molar-refractivity contribution in [1.29, 1.82) is 0 Å². The molecule has 104 valence electrons. The van der Waals surface area contributed by atoms with Gasteiger partial charge in [0.2, 0.25) is 15.9 Å². The van der Waals surface area contributed by atoms with Crippen LogP contribution in [0.4, 0.5) is 0 Å². The van der Waals surface area contributed by atoms with Crippen molar-refractivity contribution < 1.29 is 27.9 Å². The van der Waals surface area contributed by atoms with Gasteiger partial charge in [-0.05, 0) is 12.8 Å². The molecule has 0 radical (unpaired) electrons. The normalized spacial score (nSPS) is 23.8. The lowest BCUT2D eigenvalue weighted by Gasteiger charge is -2.11. The maximum absolute atomic E-state index is 11.5. The van der Waals surface area contributed by atoms with E-state index in [0.717, 1.165) is 6.26 Å².